The van der Waals surface area contributed by atoms with Crippen LogP contribution in [-0.4, -0.2) is 4.57 Å². The molecule has 1 aromatic heterocycles. The molecule has 0 fully saturated rings. The summed E-state index contributed by atoms with van der Waals surface area (Å²) in [4.78, 5) is 0. The Balaban J connectivity index is 1.45. The Morgan fingerprint density at radius 2 is 1.21 bits per heavy atom. The van der Waals surface area contributed by atoms with Gasteiger partial charge < -0.3 is 0 Å². The lowest BCUT2D eigenvalue weighted by atomic mass is 10.0. The summed E-state index contributed by atoms with van der Waals surface area (Å²) in [6.07, 6.45) is 24.5. The predicted octanol–water partition coefficient (Wildman–Crippen LogP) is 7.61. The molecule has 0 unspecified atom stereocenters. The number of unbranched alkanes of at least 4 members (excludes halogenated alkanes) is 13. The largest absolute Gasteiger partial charge is 0.244 e. The van der Waals surface area contributed by atoms with Crippen molar-refractivity contribution >= 4 is 0 Å². The Kier molecular flexibility index (Phi) is 12.5. The van der Waals surface area contributed by atoms with E-state index >= 15 is 0 Å². The Bertz CT molecular complexity index is 629. The maximum atomic E-state index is 2.42. The van der Waals surface area contributed by atoms with Crippen molar-refractivity contribution in [2.75, 3.05) is 0 Å². The average Bonchev–Trinajstić information content (AvgIpc) is 3.08. The fourth-order valence-electron chi connectivity index (χ4n) is 4.21. The average molecular weight is 398 g/mol. The summed E-state index contributed by atoms with van der Waals surface area (Å²) in [6, 6.07) is 10.7. The first-order valence-corrected chi connectivity index (χ1v) is 12.4. The molecular weight excluding hydrogens is 352 g/mol. The lowest BCUT2D eigenvalue weighted by Crippen LogP contribution is -2.31. The molecule has 2 aromatic rings. The van der Waals surface area contributed by atoms with Crippen molar-refractivity contribution in [2.24, 2.45) is 0 Å². The van der Waals surface area contributed by atoms with Gasteiger partial charge in [-0.2, -0.15) is 0 Å². The highest BCUT2D eigenvalue weighted by molar-refractivity contribution is 5.13. The second-order valence-corrected chi connectivity index (χ2v) is 8.83. The van der Waals surface area contributed by atoms with E-state index in [1.165, 1.54) is 101 Å². The highest BCUT2D eigenvalue weighted by atomic mass is 15.1. The van der Waals surface area contributed by atoms with Crippen molar-refractivity contribution in [1.29, 1.82) is 0 Å². The molecule has 162 valence electrons. The monoisotopic (exact) mass is 397 g/mol. The van der Waals surface area contributed by atoms with Gasteiger partial charge in [-0.25, -0.2) is 9.13 Å². The fourth-order valence-corrected chi connectivity index (χ4v) is 4.21. The molecule has 29 heavy (non-hydrogen) atoms. The van der Waals surface area contributed by atoms with E-state index in [-0.39, 0.29) is 0 Å². The molecule has 0 aliphatic rings. The quantitative estimate of drug-likeness (QED) is 0.192. The van der Waals surface area contributed by atoms with Crippen molar-refractivity contribution in [1.82, 2.24) is 4.57 Å². The lowest BCUT2D eigenvalue weighted by Gasteiger charge is -2.03. The Morgan fingerprint density at radius 1 is 0.690 bits per heavy atom. The van der Waals surface area contributed by atoms with Crippen LogP contribution in [0, 0.1) is 6.92 Å². The van der Waals surface area contributed by atoms with Crippen LogP contribution in [0.5, 0.6) is 0 Å². The summed E-state index contributed by atoms with van der Waals surface area (Å²) in [6.45, 7) is 6.65. The number of nitrogens with zero attached hydrogens (tertiary/aromatic N) is 2. The van der Waals surface area contributed by atoms with Gasteiger partial charge in [-0.15, -0.1) is 0 Å². The summed E-state index contributed by atoms with van der Waals surface area (Å²) in [5.74, 6) is 0. The molecule has 2 rings (SSSR count). The molecule has 0 aliphatic heterocycles. The molecule has 2 nitrogen and oxygen atoms in total. The van der Waals surface area contributed by atoms with E-state index in [0.717, 1.165) is 13.1 Å². The van der Waals surface area contributed by atoms with Crippen LogP contribution in [0.3, 0.4) is 0 Å². The third-order valence-electron chi connectivity index (χ3n) is 6.05. The minimum absolute atomic E-state index is 0.966. The summed E-state index contributed by atoms with van der Waals surface area (Å²) in [5.41, 5.74) is 2.74. The zero-order chi connectivity index (χ0) is 20.6. The second kappa shape index (κ2) is 15.3. The summed E-state index contributed by atoms with van der Waals surface area (Å²) >= 11 is 0. The third-order valence-corrected chi connectivity index (χ3v) is 6.05. The number of hydrogen-bond acceptors (Lipinski definition) is 0. The highest BCUT2D eigenvalue weighted by Gasteiger charge is 2.09. The van der Waals surface area contributed by atoms with E-state index in [2.05, 4.69) is 65.8 Å². The molecule has 0 amide bonds. The third kappa shape index (κ3) is 10.7. The fraction of sp³-hybridized carbons (Fsp3) is 0.667. The van der Waals surface area contributed by atoms with E-state index in [4.69, 9.17) is 0 Å². The number of hydrogen-bond donors (Lipinski definition) is 0. The Hall–Kier alpha value is -1.57. The molecule has 0 atom stereocenters. The van der Waals surface area contributed by atoms with E-state index in [9.17, 15) is 0 Å². The van der Waals surface area contributed by atoms with Gasteiger partial charge in [0.15, 0.2) is 0 Å². The van der Waals surface area contributed by atoms with Crippen LogP contribution in [0.25, 0.3) is 0 Å². The molecule has 0 bridgehead atoms. The Labute approximate surface area is 180 Å². The van der Waals surface area contributed by atoms with Gasteiger partial charge in [-0.3, -0.25) is 0 Å². The topological polar surface area (TPSA) is 8.81 Å². The van der Waals surface area contributed by atoms with Crippen molar-refractivity contribution < 1.29 is 4.57 Å². The van der Waals surface area contributed by atoms with Crippen LogP contribution in [0.4, 0.5) is 0 Å². The van der Waals surface area contributed by atoms with Crippen LogP contribution in [0.2, 0.25) is 0 Å². The van der Waals surface area contributed by atoms with Gasteiger partial charge in [0.2, 0.25) is 6.33 Å². The first-order valence-electron chi connectivity index (χ1n) is 12.4. The van der Waals surface area contributed by atoms with Gasteiger partial charge in [-0.05, 0) is 18.4 Å². The van der Waals surface area contributed by atoms with Crippen LogP contribution in [-0.2, 0) is 13.1 Å². The van der Waals surface area contributed by atoms with Gasteiger partial charge in [-0.1, -0.05) is 114 Å². The van der Waals surface area contributed by atoms with Crippen LogP contribution in [0.15, 0.2) is 42.9 Å². The Morgan fingerprint density at radius 3 is 1.76 bits per heavy atom. The van der Waals surface area contributed by atoms with Gasteiger partial charge in [0.25, 0.3) is 0 Å². The summed E-state index contributed by atoms with van der Waals surface area (Å²) in [5, 5.41) is 0. The lowest BCUT2D eigenvalue weighted by molar-refractivity contribution is -0.688. The SMILES string of the molecule is CCCCCCCCCCCCCCCCn1c[n+](Cc2ccccc2)cc1C. The number of aryl methyl sites for hydroxylation is 2. The standard InChI is InChI=1S/C27H45N2/c1-3-4-5-6-7-8-9-10-11-12-13-14-15-19-22-29-25-28(23-26(29)2)24-27-20-17-16-18-21-27/h16-18,20-21,23,25H,3-15,19,22,24H2,1-2H3/q+1. The van der Waals surface area contributed by atoms with Crippen molar-refractivity contribution in [2.45, 2.75) is 117 Å². The molecule has 0 N–H and O–H groups in total. The molecule has 0 radical (unpaired) electrons. The molecule has 1 aromatic carbocycles. The van der Waals surface area contributed by atoms with Crippen molar-refractivity contribution in [3.8, 4) is 0 Å². The number of imidazole rings is 1. The van der Waals surface area contributed by atoms with Gasteiger partial charge >= 0.3 is 0 Å². The number of aromatic nitrogens is 2. The highest BCUT2D eigenvalue weighted by Crippen LogP contribution is 2.13. The van der Waals surface area contributed by atoms with Gasteiger partial charge in [0, 0.05) is 6.92 Å². The van der Waals surface area contributed by atoms with E-state index in [1.54, 1.807) is 0 Å². The molecule has 0 saturated carbocycles. The minimum Gasteiger partial charge on any atom is -0.234 e. The predicted molar refractivity (Wildman–Crippen MR) is 125 cm³/mol. The molecule has 0 aliphatic carbocycles. The summed E-state index contributed by atoms with van der Waals surface area (Å²) in [7, 11) is 0. The molecule has 0 saturated heterocycles. The number of benzene rings is 1. The maximum Gasteiger partial charge on any atom is 0.244 e. The summed E-state index contributed by atoms with van der Waals surface area (Å²) < 4.78 is 4.73. The van der Waals surface area contributed by atoms with Gasteiger partial charge in [0.1, 0.15) is 18.4 Å². The zero-order valence-corrected chi connectivity index (χ0v) is 19.2. The smallest absolute Gasteiger partial charge is 0.234 e. The van der Waals surface area contributed by atoms with E-state index in [0.29, 0.717) is 0 Å². The first-order chi connectivity index (χ1) is 14.3. The van der Waals surface area contributed by atoms with E-state index in [1.807, 2.05) is 0 Å². The number of rotatable bonds is 17. The van der Waals surface area contributed by atoms with E-state index < -0.39 is 0 Å². The van der Waals surface area contributed by atoms with Crippen molar-refractivity contribution in [3.63, 3.8) is 0 Å². The van der Waals surface area contributed by atoms with Crippen LogP contribution in [0.1, 0.15) is 108 Å². The molecule has 1 heterocycles. The zero-order valence-electron chi connectivity index (χ0n) is 19.2. The molecule has 2 heteroatoms. The second-order valence-electron chi connectivity index (χ2n) is 8.83. The minimum atomic E-state index is 0.966. The van der Waals surface area contributed by atoms with Crippen LogP contribution >= 0.6 is 0 Å². The maximum absolute atomic E-state index is 2.42. The van der Waals surface area contributed by atoms with Crippen LogP contribution < -0.4 is 4.57 Å². The molecular formula is C27H45N2+. The first kappa shape index (κ1) is 23.7. The van der Waals surface area contributed by atoms with Crippen molar-refractivity contribution in [3.05, 3.63) is 54.1 Å². The van der Waals surface area contributed by atoms with Gasteiger partial charge in [0.05, 0.1) is 6.54 Å². The normalized spacial score (nSPS) is 11.2. The molecule has 0 spiro atoms.